The van der Waals surface area contributed by atoms with Crippen molar-refractivity contribution in [3.05, 3.63) is 35.7 Å². The van der Waals surface area contributed by atoms with E-state index in [1.807, 2.05) is 0 Å². The number of nitrogens with two attached hydrogens (primary N) is 1. The Labute approximate surface area is 111 Å². The van der Waals surface area contributed by atoms with Crippen molar-refractivity contribution < 1.29 is 17.7 Å². The van der Waals surface area contributed by atoms with E-state index in [1.54, 1.807) is 6.92 Å². The van der Waals surface area contributed by atoms with E-state index < -0.39 is 11.7 Å². The molecule has 0 bridgehead atoms. The number of aromatic nitrogens is 2. The minimum atomic E-state index is -4.38. The summed E-state index contributed by atoms with van der Waals surface area (Å²) in [4.78, 5) is 2.91. The minimum absolute atomic E-state index is 0.342. The Balaban J connectivity index is 2.26. The highest BCUT2D eigenvalue weighted by Gasteiger charge is 2.31. The normalized spacial score (nSPS) is 12.2. The molecule has 3 aromatic rings. The lowest BCUT2D eigenvalue weighted by atomic mass is 10.1. The van der Waals surface area contributed by atoms with Gasteiger partial charge in [0.25, 0.3) is 0 Å². The lowest BCUT2D eigenvalue weighted by Crippen LogP contribution is -2.04. The molecule has 0 amide bonds. The molecular formula is C13H10F3N3O. The van der Waals surface area contributed by atoms with Crippen LogP contribution in [-0.4, -0.2) is 10.1 Å². The van der Waals surface area contributed by atoms with Crippen LogP contribution in [0.5, 0.6) is 0 Å². The molecule has 0 radical (unpaired) electrons. The lowest BCUT2D eigenvalue weighted by Gasteiger charge is -2.06. The standard InChI is InChI=1S/C13H10F3N3O/c1-6-11(12-9(17)5-18-20-12)8-3-2-7(13(14,15)16)4-10(8)19-6/h2-5,19H,17H2,1H3. The predicted octanol–water partition coefficient (Wildman–Crippen LogP) is 3.73. The molecule has 0 saturated heterocycles. The van der Waals surface area contributed by atoms with Crippen molar-refractivity contribution in [2.24, 2.45) is 0 Å². The highest BCUT2D eigenvalue weighted by atomic mass is 19.4. The van der Waals surface area contributed by atoms with Gasteiger partial charge in [-0.1, -0.05) is 11.2 Å². The first kappa shape index (κ1) is 12.6. The first-order valence-electron chi connectivity index (χ1n) is 5.78. The summed E-state index contributed by atoms with van der Waals surface area (Å²) in [6, 6.07) is 3.50. The fourth-order valence-corrected chi connectivity index (χ4v) is 2.24. The van der Waals surface area contributed by atoms with Crippen molar-refractivity contribution in [1.29, 1.82) is 0 Å². The van der Waals surface area contributed by atoms with Gasteiger partial charge in [0.15, 0.2) is 5.76 Å². The average molecular weight is 281 g/mol. The van der Waals surface area contributed by atoms with Crippen molar-refractivity contribution in [1.82, 2.24) is 10.1 Å². The zero-order valence-corrected chi connectivity index (χ0v) is 10.4. The van der Waals surface area contributed by atoms with Crippen molar-refractivity contribution in [3.63, 3.8) is 0 Å². The number of aromatic amines is 1. The zero-order valence-electron chi connectivity index (χ0n) is 10.4. The molecule has 0 fully saturated rings. The van der Waals surface area contributed by atoms with E-state index >= 15 is 0 Å². The Hall–Kier alpha value is -2.44. The Morgan fingerprint density at radius 3 is 2.65 bits per heavy atom. The van der Waals surface area contributed by atoms with E-state index in [0.29, 0.717) is 33.6 Å². The summed E-state index contributed by atoms with van der Waals surface area (Å²) in [5, 5.41) is 4.20. The summed E-state index contributed by atoms with van der Waals surface area (Å²) < 4.78 is 43.2. The maximum Gasteiger partial charge on any atom is 0.416 e. The van der Waals surface area contributed by atoms with Crippen LogP contribution in [0.25, 0.3) is 22.2 Å². The van der Waals surface area contributed by atoms with Crippen LogP contribution in [0.2, 0.25) is 0 Å². The second-order valence-electron chi connectivity index (χ2n) is 4.49. The summed E-state index contributed by atoms with van der Waals surface area (Å²) in [7, 11) is 0. The molecule has 2 aromatic heterocycles. The molecule has 7 heteroatoms. The third kappa shape index (κ3) is 1.82. The average Bonchev–Trinajstić information content (AvgIpc) is 2.89. The van der Waals surface area contributed by atoms with Crippen LogP contribution in [-0.2, 0) is 6.18 Å². The van der Waals surface area contributed by atoms with Crippen LogP contribution >= 0.6 is 0 Å². The van der Waals surface area contributed by atoms with Crippen molar-refractivity contribution >= 4 is 16.6 Å². The molecule has 0 saturated carbocycles. The number of H-pyrrole nitrogens is 1. The number of anilines is 1. The van der Waals surface area contributed by atoms with Crippen LogP contribution in [0.3, 0.4) is 0 Å². The molecule has 104 valence electrons. The summed E-state index contributed by atoms with van der Waals surface area (Å²) in [5.41, 5.74) is 7.05. The Bertz CT molecular complexity index is 786. The molecule has 3 rings (SSSR count). The first-order chi connectivity index (χ1) is 9.38. The molecule has 20 heavy (non-hydrogen) atoms. The number of aryl methyl sites for hydroxylation is 1. The molecule has 3 N–H and O–H groups in total. The second kappa shape index (κ2) is 4.03. The Morgan fingerprint density at radius 2 is 2.05 bits per heavy atom. The largest absolute Gasteiger partial charge is 0.416 e. The summed E-state index contributed by atoms with van der Waals surface area (Å²) in [6.07, 6.45) is -3.02. The zero-order chi connectivity index (χ0) is 14.5. The highest BCUT2D eigenvalue weighted by Crippen LogP contribution is 2.38. The van der Waals surface area contributed by atoms with Gasteiger partial charge in [0.05, 0.1) is 17.3 Å². The number of halogens is 3. The molecule has 0 aliphatic carbocycles. The third-order valence-corrected chi connectivity index (χ3v) is 3.14. The van der Waals surface area contributed by atoms with Gasteiger partial charge in [0.1, 0.15) is 5.69 Å². The molecule has 0 aliphatic rings. The quantitative estimate of drug-likeness (QED) is 0.714. The SMILES string of the molecule is Cc1[nH]c2cc(C(F)(F)F)ccc2c1-c1oncc1N. The van der Waals surface area contributed by atoms with Gasteiger partial charge in [-0.15, -0.1) is 0 Å². The topological polar surface area (TPSA) is 67.8 Å². The second-order valence-corrected chi connectivity index (χ2v) is 4.49. The number of alkyl halides is 3. The van der Waals surface area contributed by atoms with Gasteiger partial charge < -0.3 is 15.2 Å². The van der Waals surface area contributed by atoms with Crippen molar-refractivity contribution in [2.45, 2.75) is 13.1 Å². The van der Waals surface area contributed by atoms with Crippen LogP contribution in [0.4, 0.5) is 18.9 Å². The van der Waals surface area contributed by atoms with Gasteiger partial charge in [-0.2, -0.15) is 13.2 Å². The van der Waals surface area contributed by atoms with E-state index in [4.69, 9.17) is 10.3 Å². The number of nitrogens with one attached hydrogen (secondary N) is 1. The van der Waals surface area contributed by atoms with Crippen LogP contribution in [0.1, 0.15) is 11.3 Å². The molecule has 2 heterocycles. The van der Waals surface area contributed by atoms with Crippen LogP contribution in [0.15, 0.2) is 28.9 Å². The summed E-state index contributed by atoms with van der Waals surface area (Å²) >= 11 is 0. The number of nitrogen functional groups attached to an aromatic ring is 1. The number of rotatable bonds is 1. The van der Waals surface area contributed by atoms with E-state index in [-0.39, 0.29) is 0 Å². The molecule has 1 aromatic carbocycles. The predicted molar refractivity (Wildman–Crippen MR) is 67.9 cm³/mol. The minimum Gasteiger partial charge on any atom is -0.394 e. The molecule has 0 atom stereocenters. The first-order valence-corrected chi connectivity index (χ1v) is 5.78. The maximum atomic E-state index is 12.7. The van der Waals surface area contributed by atoms with Crippen molar-refractivity contribution in [3.8, 4) is 11.3 Å². The fraction of sp³-hybridized carbons (Fsp3) is 0.154. The Morgan fingerprint density at radius 1 is 1.30 bits per heavy atom. The maximum absolute atomic E-state index is 12.7. The number of hydrogen-bond acceptors (Lipinski definition) is 3. The molecular weight excluding hydrogens is 271 g/mol. The van der Waals surface area contributed by atoms with Gasteiger partial charge >= 0.3 is 6.18 Å². The fourth-order valence-electron chi connectivity index (χ4n) is 2.24. The van der Waals surface area contributed by atoms with Crippen molar-refractivity contribution in [2.75, 3.05) is 5.73 Å². The van der Waals surface area contributed by atoms with Crippen LogP contribution < -0.4 is 5.73 Å². The lowest BCUT2D eigenvalue weighted by molar-refractivity contribution is -0.137. The van der Waals surface area contributed by atoms with Gasteiger partial charge in [-0.3, -0.25) is 0 Å². The summed E-state index contributed by atoms with van der Waals surface area (Å²) in [5.74, 6) is 0.355. The van der Waals surface area contributed by atoms with Gasteiger partial charge in [-0.25, -0.2) is 0 Å². The number of benzene rings is 1. The van der Waals surface area contributed by atoms with E-state index in [9.17, 15) is 13.2 Å². The highest BCUT2D eigenvalue weighted by molar-refractivity contribution is 5.98. The van der Waals surface area contributed by atoms with E-state index in [0.717, 1.165) is 12.1 Å². The molecule has 4 nitrogen and oxygen atoms in total. The van der Waals surface area contributed by atoms with E-state index in [2.05, 4.69) is 10.1 Å². The molecule has 0 spiro atoms. The number of nitrogens with zero attached hydrogens (tertiary/aromatic N) is 1. The van der Waals surface area contributed by atoms with E-state index in [1.165, 1.54) is 12.3 Å². The molecule has 0 unspecified atom stereocenters. The third-order valence-electron chi connectivity index (χ3n) is 3.14. The summed E-state index contributed by atoms with van der Waals surface area (Å²) in [6.45, 7) is 1.74. The number of hydrogen-bond donors (Lipinski definition) is 2. The smallest absolute Gasteiger partial charge is 0.394 e. The molecule has 0 aliphatic heterocycles. The van der Waals surface area contributed by atoms with Gasteiger partial charge in [-0.05, 0) is 19.1 Å². The Kier molecular flexibility index (Phi) is 2.53. The van der Waals surface area contributed by atoms with Crippen LogP contribution in [0, 0.1) is 6.92 Å². The van der Waals surface area contributed by atoms with Gasteiger partial charge in [0, 0.05) is 16.6 Å². The van der Waals surface area contributed by atoms with Gasteiger partial charge in [0.2, 0.25) is 0 Å². The monoisotopic (exact) mass is 281 g/mol. The number of fused-ring (bicyclic) bond motifs is 1.